The molecule has 0 unspecified atom stereocenters. The highest BCUT2D eigenvalue weighted by atomic mass is 14.7. The lowest BCUT2D eigenvalue weighted by atomic mass is 9.58. The van der Waals surface area contributed by atoms with E-state index in [9.17, 15) is 0 Å². The van der Waals surface area contributed by atoms with Crippen molar-refractivity contribution in [3.8, 4) is 0 Å². The van der Waals surface area contributed by atoms with E-state index in [2.05, 4.69) is 0 Å². The molecule has 4 N–H and O–H groups in total. The zero-order valence-electron chi connectivity index (χ0n) is 7.71. The summed E-state index contributed by atoms with van der Waals surface area (Å²) in [4.78, 5) is 0. The molecule has 0 radical (unpaired) electrons. The van der Waals surface area contributed by atoms with E-state index in [1.807, 2.05) is 0 Å². The van der Waals surface area contributed by atoms with Gasteiger partial charge in [0.25, 0.3) is 0 Å². The van der Waals surface area contributed by atoms with Crippen LogP contribution < -0.4 is 11.5 Å². The molecule has 3 aliphatic rings. The minimum Gasteiger partial charge on any atom is -0.330 e. The first-order chi connectivity index (χ1) is 5.86. The number of hydrogen-bond donors (Lipinski definition) is 2. The third-order valence-electron chi connectivity index (χ3n) is 4.12. The predicted molar refractivity (Wildman–Crippen MR) is 50.5 cm³/mol. The van der Waals surface area contributed by atoms with E-state index in [1.54, 1.807) is 0 Å². The van der Waals surface area contributed by atoms with Gasteiger partial charge in [-0.15, -0.1) is 0 Å². The van der Waals surface area contributed by atoms with E-state index in [1.165, 1.54) is 25.7 Å². The maximum absolute atomic E-state index is 5.80. The quantitative estimate of drug-likeness (QED) is 0.645. The lowest BCUT2D eigenvalue weighted by Gasteiger charge is -2.48. The van der Waals surface area contributed by atoms with Crippen LogP contribution in [0.5, 0.6) is 0 Å². The second-order valence-corrected chi connectivity index (χ2v) is 4.47. The predicted octanol–water partition coefficient (Wildman–Crippen LogP) is 0.956. The van der Waals surface area contributed by atoms with Crippen LogP contribution in [0.15, 0.2) is 0 Å². The molecule has 0 saturated heterocycles. The van der Waals surface area contributed by atoms with Crippen molar-refractivity contribution in [2.24, 2.45) is 35.1 Å². The van der Waals surface area contributed by atoms with Crippen LogP contribution in [0.25, 0.3) is 0 Å². The smallest absolute Gasteiger partial charge is 0.00430 e. The van der Waals surface area contributed by atoms with Gasteiger partial charge < -0.3 is 11.5 Å². The summed E-state index contributed by atoms with van der Waals surface area (Å²) in [6.07, 6.45) is 5.68. The Morgan fingerprint density at radius 2 is 1.08 bits per heavy atom. The van der Waals surface area contributed by atoms with E-state index in [0.29, 0.717) is 0 Å². The van der Waals surface area contributed by atoms with Gasteiger partial charge in [-0.05, 0) is 62.4 Å². The molecular formula is C10H20N2. The first-order valence-electron chi connectivity index (χ1n) is 5.27. The monoisotopic (exact) mass is 168 g/mol. The van der Waals surface area contributed by atoms with Crippen LogP contribution in [-0.4, -0.2) is 13.1 Å². The van der Waals surface area contributed by atoms with Gasteiger partial charge >= 0.3 is 0 Å². The standard InChI is InChI=1S/C10H20N2/c11-5-9-7-1-2-8(4-3-7)10(9)6-12/h7-10H,1-6,11-12H2/t7?,8?,9-,10-/m0/s1. The topological polar surface area (TPSA) is 52.0 Å². The lowest BCUT2D eigenvalue weighted by molar-refractivity contribution is 0.0337. The summed E-state index contributed by atoms with van der Waals surface area (Å²) in [7, 11) is 0. The Morgan fingerprint density at radius 1 is 0.750 bits per heavy atom. The fourth-order valence-corrected chi connectivity index (χ4v) is 3.43. The minimum absolute atomic E-state index is 0.752. The molecule has 3 aliphatic carbocycles. The third kappa shape index (κ3) is 1.17. The molecule has 0 aliphatic heterocycles. The summed E-state index contributed by atoms with van der Waals surface area (Å²) in [6.45, 7) is 1.73. The third-order valence-corrected chi connectivity index (χ3v) is 4.12. The first-order valence-corrected chi connectivity index (χ1v) is 5.27. The molecule has 12 heavy (non-hydrogen) atoms. The highest BCUT2D eigenvalue weighted by Crippen LogP contribution is 2.47. The van der Waals surface area contributed by atoms with Crippen molar-refractivity contribution < 1.29 is 0 Å². The molecule has 0 aromatic carbocycles. The molecule has 70 valence electrons. The molecule has 0 heterocycles. The Bertz CT molecular complexity index is 132. The zero-order valence-corrected chi connectivity index (χ0v) is 7.71. The van der Waals surface area contributed by atoms with Crippen molar-refractivity contribution in [1.29, 1.82) is 0 Å². The average molecular weight is 168 g/mol. The Morgan fingerprint density at radius 3 is 1.33 bits per heavy atom. The fourth-order valence-electron chi connectivity index (χ4n) is 3.43. The van der Waals surface area contributed by atoms with Gasteiger partial charge in [0.1, 0.15) is 0 Å². The van der Waals surface area contributed by atoms with Crippen molar-refractivity contribution >= 4 is 0 Å². The van der Waals surface area contributed by atoms with Crippen LogP contribution in [0.1, 0.15) is 25.7 Å². The van der Waals surface area contributed by atoms with Crippen molar-refractivity contribution in [1.82, 2.24) is 0 Å². The van der Waals surface area contributed by atoms with Gasteiger partial charge in [-0.1, -0.05) is 0 Å². The summed E-state index contributed by atoms with van der Waals surface area (Å²) in [6, 6.07) is 0. The second kappa shape index (κ2) is 3.35. The van der Waals surface area contributed by atoms with E-state index >= 15 is 0 Å². The molecule has 3 rings (SSSR count). The van der Waals surface area contributed by atoms with Gasteiger partial charge in [0.15, 0.2) is 0 Å². The minimum atomic E-state index is 0.752. The maximum atomic E-state index is 5.80. The maximum Gasteiger partial charge on any atom is -0.00430 e. The fraction of sp³-hybridized carbons (Fsp3) is 1.00. The molecule has 2 heteroatoms. The van der Waals surface area contributed by atoms with Gasteiger partial charge in [-0.3, -0.25) is 0 Å². The molecule has 0 aromatic rings. The number of hydrogen-bond acceptors (Lipinski definition) is 2. The van der Waals surface area contributed by atoms with Crippen LogP contribution >= 0.6 is 0 Å². The summed E-state index contributed by atoms with van der Waals surface area (Å²) in [5.41, 5.74) is 11.6. The second-order valence-electron chi connectivity index (χ2n) is 4.47. The van der Waals surface area contributed by atoms with E-state index in [-0.39, 0.29) is 0 Å². The lowest BCUT2D eigenvalue weighted by Crippen LogP contribution is -2.46. The van der Waals surface area contributed by atoms with Gasteiger partial charge in [-0.25, -0.2) is 0 Å². The average Bonchev–Trinajstić information content (AvgIpc) is 2.18. The number of rotatable bonds is 2. The van der Waals surface area contributed by atoms with Crippen LogP contribution in [0.2, 0.25) is 0 Å². The van der Waals surface area contributed by atoms with Gasteiger partial charge in [-0.2, -0.15) is 0 Å². The molecule has 3 saturated carbocycles. The Balaban J connectivity index is 2.10. The highest BCUT2D eigenvalue weighted by Gasteiger charge is 2.41. The van der Waals surface area contributed by atoms with Crippen molar-refractivity contribution in [3.63, 3.8) is 0 Å². The van der Waals surface area contributed by atoms with Crippen molar-refractivity contribution in [2.45, 2.75) is 25.7 Å². The molecule has 2 atom stereocenters. The van der Waals surface area contributed by atoms with Crippen LogP contribution in [0.4, 0.5) is 0 Å². The van der Waals surface area contributed by atoms with Crippen LogP contribution in [0, 0.1) is 23.7 Å². The molecule has 0 spiro atoms. The molecule has 3 fully saturated rings. The number of nitrogens with two attached hydrogens (primary N) is 2. The molecule has 2 bridgehead atoms. The van der Waals surface area contributed by atoms with Crippen molar-refractivity contribution in [2.75, 3.05) is 13.1 Å². The highest BCUT2D eigenvalue weighted by molar-refractivity contribution is 4.93. The van der Waals surface area contributed by atoms with Crippen LogP contribution in [0.3, 0.4) is 0 Å². The van der Waals surface area contributed by atoms with E-state index in [4.69, 9.17) is 11.5 Å². The molecule has 0 aromatic heterocycles. The summed E-state index contributed by atoms with van der Waals surface area (Å²) >= 11 is 0. The largest absolute Gasteiger partial charge is 0.330 e. The molecule has 0 amide bonds. The van der Waals surface area contributed by atoms with Crippen LogP contribution in [-0.2, 0) is 0 Å². The summed E-state index contributed by atoms with van der Waals surface area (Å²) in [5, 5.41) is 0. The van der Waals surface area contributed by atoms with Gasteiger partial charge in [0.05, 0.1) is 0 Å². The first kappa shape index (κ1) is 8.52. The Kier molecular flexibility index (Phi) is 2.37. The molecule has 2 nitrogen and oxygen atoms in total. The molecular weight excluding hydrogens is 148 g/mol. The van der Waals surface area contributed by atoms with Crippen molar-refractivity contribution in [3.05, 3.63) is 0 Å². The SMILES string of the molecule is NC[C@H]1C2CCC(CC2)[C@@H]1CN. The van der Waals surface area contributed by atoms with E-state index in [0.717, 1.165) is 36.8 Å². The Hall–Kier alpha value is -0.0800. The Labute approximate surface area is 74.7 Å². The normalized spacial score (nSPS) is 46.5. The zero-order chi connectivity index (χ0) is 8.55. The van der Waals surface area contributed by atoms with Gasteiger partial charge in [0.2, 0.25) is 0 Å². The summed E-state index contributed by atoms with van der Waals surface area (Å²) < 4.78 is 0. The van der Waals surface area contributed by atoms with E-state index < -0.39 is 0 Å². The van der Waals surface area contributed by atoms with Gasteiger partial charge in [0, 0.05) is 0 Å². The number of fused-ring (bicyclic) bond motifs is 3. The summed E-state index contributed by atoms with van der Waals surface area (Å²) in [5.74, 6) is 3.33.